The van der Waals surface area contributed by atoms with E-state index in [1.807, 2.05) is 0 Å². The normalized spacial score (nSPS) is 43.1. The summed E-state index contributed by atoms with van der Waals surface area (Å²) in [6.07, 6.45) is 14.9. The molecule has 3 aliphatic carbocycles. The van der Waals surface area contributed by atoms with Crippen LogP contribution in [-0.4, -0.2) is 76.9 Å². The number of hydrogen-bond acceptors (Lipinski definition) is 4. The molecule has 1 heterocycles. The van der Waals surface area contributed by atoms with Gasteiger partial charge in [-0.25, -0.2) is 4.58 Å². The molecule has 0 amide bonds. The molecule has 0 radical (unpaired) electrons. The Hall–Kier alpha value is -0.360. The largest absolute Gasteiger partial charge is 0.392 e. The summed E-state index contributed by atoms with van der Waals surface area (Å²) in [6.45, 7) is 3.41. The van der Waals surface area contributed by atoms with Crippen molar-refractivity contribution in [1.29, 1.82) is 0 Å². The van der Waals surface area contributed by atoms with E-state index in [0.717, 1.165) is 42.5 Å². The predicted molar refractivity (Wildman–Crippen MR) is 122 cm³/mol. The number of fused-ring (bicyclic) bond motifs is 2. The Morgan fingerprint density at radius 2 is 1.86 bits per heavy atom. The van der Waals surface area contributed by atoms with Crippen LogP contribution in [-0.2, 0) is 4.74 Å². The summed E-state index contributed by atoms with van der Waals surface area (Å²) in [5, 5.41) is 13.1. The summed E-state index contributed by atoms with van der Waals surface area (Å²) in [5.41, 5.74) is 0. The van der Waals surface area contributed by atoms with Crippen LogP contribution in [0.2, 0.25) is 0 Å². The summed E-state index contributed by atoms with van der Waals surface area (Å²) in [5.74, 6) is 2.12. The molecular weight excluding hydrogens is 380 g/mol. The minimum Gasteiger partial charge on any atom is -0.392 e. The van der Waals surface area contributed by atoms with E-state index in [4.69, 9.17) is 4.74 Å². The number of nitrogens with zero attached hydrogens (tertiary/aromatic N) is 2. The van der Waals surface area contributed by atoms with Crippen LogP contribution in [0.1, 0.15) is 58.3 Å². The van der Waals surface area contributed by atoms with Gasteiger partial charge in [0.05, 0.1) is 17.5 Å². The third-order valence-corrected chi connectivity index (χ3v) is 9.65. The van der Waals surface area contributed by atoms with Crippen molar-refractivity contribution in [3.8, 4) is 0 Å². The van der Waals surface area contributed by atoms with Crippen molar-refractivity contribution in [1.82, 2.24) is 4.90 Å². The van der Waals surface area contributed by atoms with Crippen LogP contribution < -0.4 is 0 Å². The molecule has 4 nitrogen and oxygen atoms in total. The van der Waals surface area contributed by atoms with Crippen LogP contribution in [0.5, 0.6) is 0 Å². The molecule has 8 unspecified atom stereocenters. The molecule has 3 saturated carbocycles. The molecule has 164 valence electrons. The van der Waals surface area contributed by atoms with Gasteiger partial charge in [0.15, 0.2) is 6.04 Å². The standard InChI is InChI=1S/C24H41N2O2S/c1-5-26-21-12-16-8-6-7-9-17(16)13-23(21)29-24(26)11-10-19-20(25(2)3)14-18(28-4)15-22(19)27/h10-11,16-23,27H,5-9,12-15H2,1-4H3/q+1/b11-10+. The average Bonchev–Trinajstić information content (AvgIpc) is 3.06. The van der Waals surface area contributed by atoms with Crippen LogP contribution in [0.4, 0.5) is 0 Å². The molecule has 1 N–H and O–H groups in total. The first-order chi connectivity index (χ1) is 14.0. The fourth-order valence-corrected chi connectivity index (χ4v) is 8.22. The maximum Gasteiger partial charge on any atom is 0.235 e. The van der Waals surface area contributed by atoms with Gasteiger partial charge in [0, 0.05) is 38.0 Å². The van der Waals surface area contributed by atoms with Gasteiger partial charge in [0.2, 0.25) is 5.04 Å². The second kappa shape index (κ2) is 9.42. The highest BCUT2D eigenvalue weighted by atomic mass is 32.2. The molecule has 0 spiro atoms. The second-order valence-corrected chi connectivity index (χ2v) is 11.2. The summed E-state index contributed by atoms with van der Waals surface area (Å²) < 4.78 is 8.26. The lowest BCUT2D eigenvalue weighted by atomic mass is 9.69. The Labute approximate surface area is 181 Å². The molecule has 0 bridgehead atoms. The van der Waals surface area contributed by atoms with Crippen molar-refractivity contribution in [3.05, 3.63) is 12.2 Å². The van der Waals surface area contributed by atoms with Gasteiger partial charge in [0.1, 0.15) is 6.54 Å². The highest BCUT2D eigenvalue weighted by molar-refractivity contribution is 8.14. The third-order valence-electron chi connectivity index (χ3n) is 8.23. The van der Waals surface area contributed by atoms with Crippen molar-refractivity contribution in [2.24, 2.45) is 17.8 Å². The van der Waals surface area contributed by atoms with E-state index in [0.29, 0.717) is 6.04 Å². The second-order valence-electron chi connectivity index (χ2n) is 9.99. The molecule has 8 atom stereocenters. The van der Waals surface area contributed by atoms with E-state index < -0.39 is 0 Å². The van der Waals surface area contributed by atoms with Crippen molar-refractivity contribution >= 4 is 16.8 Å². The van der Waals surface area contributed by atoms with E-state index in [1.54, 1.807) is 7.11 Å². The summed E-state index contributed by atoms with van der Waals surface area (Å²) >= 11 is 2.12. The predicted octanol–water partition coefficient (Wildman–Crippen LogP) is 3.77. The quantitative estimate of drug-likeness (QED) is 0.686. The minimum absolute atomic E-state index is 0.161. The number of methoxy groups -OCH3 is 1. The molecule has 0 aromatic carbocycles. The first kappa shape index (κ1) is 21.9. The van der Waals surface area contributed by atoms with Gasteiger partial charge in [-0.15, -0.1) is 0 Å². The van der Waals surface area contributed by atoms with Crippen molar-refractivity contribution in [3.63, 3.8) is 0 Å². The molecular formula is C24H41N2O2S+. The van der Waals surface area contributed by atoms with E-state index in [1.165, 1.54) is 43.6 Å². The van der Waals surface area contributed by atoms with E-state index in [2.05, 4.69) is 54.4 Å². The number of hydrogen-bond donors (Lipinski definition) is 1. The lowest BCUT2D eigenvalue weighted by Crippen LogP contribution is -2.48. The number of aliphatic hydroxyl groups excluding tert-OH is 1. The van der Waals surface area contributed by atoms with E-state index >= 15 is 0 Å². The summed E-state index contributed by atoms with van der Waals surface area (Å²) in [4.78, 5) is 2.26. The summed E-state index contributed by atoms with van der Waals surface area (Å²) in [6, 6.07) is 1.05. The smallest absolute Gasteiger partial charge is 0.235 e. The molecule has 1 aliphatic heterocycles. The molecule has 4 aliphatic rings. The monoisotopic (exact) mass is 421 g/mol. The van der Waals surface area contributed by atoms with E-state index in [9.17, 15) is 5.11 Å². The molecule has 0 aromatic heterocycles. The fraction of sp³-hybridized carbons (Fsp3) is 0.875. The van der Waals surface area contributed by atoms with E-state index in [-0.39, 0.29) is 18.1 Å². The number of ether oxygens (including phenoxy) is 1. The van der Waals surface area contributed by atoms with Gasteiger partial charge in [-0.05, 0) is 63.9 Å². The number of rotatable bonds is 5. The molecule has 5 heteroatoms. The van der Waals surface area contributed by atoms with Gasteiger partial charge in [-0.2, -0.15) is 0 Å². The Balaban J connectivity index is 1.50. The fourth-order valence-electron chi connectivity index (χ4n) is 6.59. The van der Waals surface area contributed by atoms with Crippen molar-refractivity contribution in [2.75, 3.05) is 27.7 Å². The Morgan fingerprint density at radius 3 is 2.52 bits per heavy atom. The van der Waals surface area contributed by atoms with Gasteiger partial charge >= 0.3 is 0 Å². The van der Waals surface area contributed by atoms with Crippen LogP contribution in [0, 0.1) is 17.8 Å². The lowest BCUT2D eigenvalue weighted by Gasteiger charge is -2.41. The zero-order valence-electron chi connectivity index (χ0n) is 18.8. The maximum atomic E-state index is 10.8. The third kappa shape index (κ3) is 4.49. The lowest BCUT2D eigenvalue weighted by molar-refractivity contribution is -0.560. The zero-order valence-corrected chi connectivity index (χ0v) is 19.6. The molecule has 3 fully saturated rings. The van der Waals surface area contributed by atoms with Gasteiger partial charge in [-0.1, -0.05) is 25.3 Å². The summed E-state index contributed by atoms with van der Waals surface area (Å²) in [7, 11) is 6.02. The molecule has 4 rings (SSSR count). The average molecular weight is 422 g/mol. The SMILES string of the molecule is CC[N+]1=C(/C=C/C2C(O)CC(OC)CC2N(C)C)SC2CC3CCCCC3CC21. The Kier molecular flexibility index (Phi) is 7.10. The minimum atomic E-state index is -0.329. The first-order valence-corrected chi connectivity index (χ1v) is 12.8. The van der Waals surface area contributed by atoms with Crippen LogP contribution >= 0.6 is 11.8 Å². The zero-order chi connectivity index (χ0) is 20.5. The van der Waals surface area contributed by atoms with Crippen molar-refractivity contribution in [2.45, 2.75) is 87.8 Å². The molecule has 29 heavy (non-hydrogen) atoms. The van der Waals surface area contributed by atoms with Gasteiger partial charge in [0.25, 0.3) is 0 Å². The number of thioether (sulfide) groups is 1. The highest BCUT2D eigenvalue weighted by Crippen LogP contribution is 2.47. The van der Waals surface area contributed by atoms with Gasteiger partial charge < -0.3 is 14.7 Å². The first-order valence-electron chi connectivity index (χ1n) is 11.9. The number of aliphatic hydroxyl groups is 1. The molecule has 0 saturated heterocycles. The van der Waals surface area contributed by atoms with Crippen LogP contribution in [0.25, 0.3) is 0 Å². The van der Waals surface area contributed by atoms with Crippen molar-refractivity contribution < 1.29 is 14.4 Å². The topological polar surface area (TPSA) is 35.7 Å². The van der Waals surface area contributed by atoms with Crippen LogP contribution in [0.3, 0.4) is 0 Å². The Morgan fingerprint density at radius 1 is 1.14 bits per heavy atom. The maximum absolute atomic E-state index is 10.8. The Bertz CT molecular complexity index is 634. The molecule has 0 aromatic rings. The highest BCUT2D eigenvalue weighted by Gasteiger charge is 2.48. The van der Waals surface area contributed by atoms with Crippen LogP contribution in [0.15, 0.2) is 12.2 Å². The van der Waals surface area contributed by atoms with Gasteiger partial charge in [-0.3, -0.25) is 0 Å².